The second-order valence-corrected chi connectivity index (χ2v) is 5.45. The van der Waals surface area contributed by atoms with Crippen molar-refractivity contribution in [1.82, 2.24) is 0 Å². The Morgan fingerprint density at radius 2 is 1.29 bits per heavy atom. The third-order valence-electron chi connectivity index (χ3n) is 1.46. The number of Topliss-reactive ketones (excluding diaryl/α,β-unsaturated/α-hetero) is 2. The maximum atomic E-state index is 11.3. The van der Waals surface area contributed by atoms with E-state index in [-0.39, 0.29) is 11.6 Å². The Morgan fingerprint density at radius 3 is 1.50 bits per heavy atom. The molecule has 0 aromatic carbocycles. The highest BCUT2D eigenvalue weighted by atomic mass is 32.2. The largest absolute Gasteiger partial charge is 0.294 e. The molecule has 0 saturated carbocycles. The van der Waals surface area contributed by atoms with Crippen molar-refractivity contribution < 1.29 is 9.59 Å². The molecule has 0 heterocycles. The molecule has 0 radical (unpaired) electrons. The molecule has 0 aliphatic heterocycles. The molecule has 0 fully saturated rings. The number of hydrogen-bond acceptors (Lipinski definition) is 4. The third-order valence-corrected chi connectivity index (χ3v) is 3.68. The van der Waals surface area contributed by atoms with Crippen LogP contribution in [0.25, 0.3) is 0 Å². The minimum Gasteiger partial charge on any atom is -0.294 e. The van der Waals surface area contributed by atoms with E-state index in [0.29, 0.717) is 5.57 Å². The summed E-state index contributed by atoms with van der Waals surface area (Å²) in [4.78, 5) is 22.5. The Balaban J connectivity index is 5.03. The zero-order valence-corrected chi connectivity index (χ0v) is 10.7. The Hall–Kier alpha value is -0.220. The summed E-state index contributed by atoms with van der Waals surface area (Å²) in [6.07, 6.45) is 0. The smallest absolute Gasteiger partial charge is 0.165 e. The average molecular weight is 232 g/mol. The summed E-state index contributed by atoms with van der Waals surface area (Å²) >= 11 is 3.13. The minimum absolute atomic E-state index is 0.130. The molecule has 0 aliphatic rings. The molecule has 0 rings (SSSR count). The van der Waals surface area contributed by atoms with E-state index < -0.39 is 0 Å². The molecule has 0 unspecified atom stereocenters. The molecule has 2 nitrogen and oxygen atoms in total. The van der Waals surface area contributed by atoms with Gasteiger partial charge in [-0.05, 0) is 25.4 Å². The van der Waals surface area contributed by atoms with Crippen molar-refractivity contribution in [2.24, 2.45) is 0 Å². The van der Waals surface area contributed by atoms with Crippen LogP contribution >= 0.6 is 23.5 Å². The highest BCUT2D eigenvalue weighted by Gasteiger charge is 2.16. The molecule has 0 amide bonds. The molecule has 0 atom stereocenters. The number of carbonyl (C=O) groups is 2. The maximum Gasteiger partial charge on any atom is 0.165 e. The lowest BCUT2D eigenvalue weighted by molar-refractivity contribution is -0.119. The molecule has 0 spiro atoms. The first-order chi connectivity index (χ1) is 6.54. The van der Waals surface area contributed by atoms with E-state index in [1.807, 2.05) is 13.8 Å². The lowest BCUT2D eigenvalue weighted by Crippen LogP contribution is -2.08. The van der Waals surface area contributed by atoms with Gasteiger partial charge in [0.05, 0.1) is 9.81 Å². The molecule has 0 aromatic rings. The normalized spacial score (nSPS) is 9.71. The van der Waals surface area contributed by atoms with Crippen molar-refractivity contribution in [3.63, 3.8) is 0 Å². The van der Waals surface area contributed by atoms with Crippen LogP contribution in [-0.4, -0.2) is 23.1 Å². The van der Waals surface area contributed by atoms with Gasteiger partial charge in [-0.15, -0.1) is 23.5 Å². The van der Waals surface area contributed by atoms with E-state index in [1.165, 1.54) is 13.8 Å². The maximum absolute atomic E-state index is 11.3. The Bertz CT molecular complexity index is 233. The summed E-state index contributed by atoms with van der Waals surface area (Å²) < 4.78 is 0.870. The summed E-state index contributed by atoms with van der Waals surface area (Å²) in [6, 6.07) is 0. The molecular formula is C10H16O2S2. The molecule has 0 aliphatic carbocycles. The number of rotatable bonds is 6. The quantitative estimate of drug-likeness (QED) is 0.400. The fraction of sp³-hybridized carbons (Fsp3) is 0.600. The molecule has 0 aromatic heterocycles. The van der Waals surface area contributed by atoms with Crippen LogP contribution in [0.5, 0.6) is 0 Å². The molecule has 0 saturated heterocycles. The average Bonchev–Trinajstić information content (AvgIpc) is 2.03. The van der Waals surface area contributed by atoms with Crippen molar-refractivity contribution in [1.29, 1.82) is 0 Å². The topological polar surface area (TPSA) is 34.1 Å². The predicted octanol–water partition coefficient (Wildman–Crippen LogP) is 2.88. The van der Waals surface area contributed by atoms with Crippen molar-refractivity contribution in [2.75, 3.05) is 11.5 Å². The van der Waals surface area contributed by atoms with Gasteiger partial charge in [0.15, 0.2) is 11.6 Å². The lowest BCUT2D eigenvalue weighted by Gasteiger charge is -2.08. The second kappa shape index (κ2) is 7.12. The number of hydrogen-bond donors (Lipinski definition) is 0. The summed E-state index contributed by atoms with van der Waals surface area (Å²) in [6.45, 7) is 6.92. The predicted molar refractivity (Wildman–Crippen MR) is 64.7 cm³/mol. The van der Waals surface area contributed by atoms with Gasteiger partial charge < -0.3 is 0 Å². The molecule has 14 heavy (non-hydrogen) atoms. The van der Waals surface area contributed by atoms with E-state index in [4.69, 9.17) is 0 Å². The zero-order chi connectivity index (χ0) is 11.1. The monoisotopic (exact) mass is 232 g/mol. The number of thioether (sulfide) groups is 2. The SMILES string of the molecule is CCSC(SCC)=C(C(C)=O)C(C)=O. The molecule has 80 valence electrons. The van der Waals surface area contributed by atoms with Gasteiger partial charge in [-0.1, -0.05) is 13.8 Å². The summed E-state index contributed by atoms with van der Waals surface area (Å²) in [5.41, 5.74) is 0.365. The van der Waals surface area contributed by atoms with E-state index in [9.17, 15) is 9.59 Å². The van der Waals surface area contributed by atoms with Gasteiger partial charge in [0.1, 0.15) is 0 Å². The molecule has 0 N–H and O–H groups in total. The first-order valence-electron chi connectivity index (χ1n) is 4.56. The number of carbonyl (C=O) groups excluding carboxylic acids is 2. The Labute approximate surface area is 93.9 Å². The number of allylic oxidation sites excluding steroid dienone is 1. The molecule has 4 heteroatoms. The standard InChI is InChI=1S/C10H16O2S2/c1-5-13-10(14-6-2)9(7(3)11)8(4)12/h5-6H2,1-4H3. The van der Waals surface area contributed by atoms with Gasteiger partial charge in [-0.25, -0.2) is 0 Å². The fourth-order valence-electron chi connectivity index (χ4n) is 0.984. The highest BCUT2D eigenvalue weighted by molar-refractivity contribution is 8.22. The van der Waals surface area contributed by atoms with Crippen LogP contribution in [0.15, 0.2) is 9.81 Å². The van der Waals surface area contributed by atoms with Crippen molar-refractivity contribution in [3.8, 4) is 0 Å². The van der Waals surface area contributed by atoms with E-state index in [2.05, 4.69) is 0 Å². The van der Waals surface area contributed by atoms with Crippen LogP contribution in [0.3, 0.4) is 0 Å². The van der Waals surface area contributed by atoms with Gasteiger partial charge in [0.25, 0.3) is 0 Å². The Kier molecular flexibility index (Phi) is 7.01. The van der Waals surface area contributed by atoms with Crippen LogP contribution in [-0.2, 0) is 9.59 Å². The van der Waals surface area contributed by atoms with Crippen LogP contribution in [0.2, 0.25) is 0 Å². The van der Waals surface area contributed by atoms with Crippen LogP contribution in [0.1, 0.15) is 27.7 Å². The van der Waals surface area contributed by atoms with Crippen molar-refractivity contribution >= 4 is 35.1 Å². The third kappa shape index (κ3) is 4.33. The van der Waals surface area contributed by atoms with Gasteiger partial charge >= 0.3 is 0 Å². The van der Waals surface area contributed by atoms with Crippen LogP contribution in [0.4, 0.5) is 0 Å². The van der Waals surface area contributed by atoms with Gasteiger partial charge in [0.2, 0.25) is 0 Å². The zero-order valence-electron chi connectivity index (χ0n) is 9.05. The van der Waals surface area contributed by atoms with Crippen LogP contribution in [0, 0.1) is 0 Å². The van der Waals surface area contributed by atoms with Crippen molar-refractivity contribution in [3.05, 3.63) is 9.81 Å². The second-order valence-electron chi connectivity index (χ2n) is 2.64. The summed E-state index contributed by atoms with van der Waals surface area (Å²) in [7, 11) is 0. The van der Waals surface area contributed by atoms with E-state index in [0.717, 1.165) is 15.7 Å². The van der Waals surface area contributed by atoms with Crippen LogP contribution < -0.4 is 0 Å². The molecule has 0 bridgehead atoms. The fourth-order valence-corrected chi connectivity index (χ4v) is 3.41. The van der Waals surface area contributed by atoms with Gasteiger partial charge in [0, 0.05) is 0 Å². The number of ketones is 2. The first kappa shape index (κ1) is 13.8. The highest BCUT2D eigenvalue weighted by Crippen LogP contribution is 2.32. The van der Waals surface area contributed by atoms with Crippen molar-refractivity contribution in [2.45, 2.75) is 27.7 Å². The Morgan fingerprint density at radius 1 is 0.929 bits per heavy atom. The van der Waals surface area contributed by atoms with E-state index in [1.54, 1.807) is 23.5 Å². The summed E-state index contributed by atoms with van der Waals surface area (Å²) in [5, 5.41) is 0. The first-order valence-corrected chi connectivity index (χ1v) is 6.53. The minimum atomic E-state index is -0.130. The summed E-state index contributed by atoms with van der Waals surface area (Å²) in [5.74, 6) is 1.50. The lowest BCUT2D eigenvalue weighted by atomic mass is 10.1. The van der Waals surface area contributed by atoms with E-state index >= 15 is 0 Å². The van der Waals surface area contributed by atoms with Gasteiger partial charge in [-0.3, -0.25) is 9.59 Å². The molecular weight excluding hydrogens is 216 g/mol. The van der Waals surface area contributed by atoms with Gasteiger partial charge in [-0.2, -0.15) is 0 Å².